The van der Waals surface area contributed by atoms with Crippen LogP contribution in [0.4, 0.5) is 13.2 Å². The van der Waals surface area contributed by atoms with E-state index in [0.717, 1.165) is 25.0 Å². The maximum Gasteiger partial charge on any atom is 0.416 e. The van der Waals surface area contributed by atoms with Gasteiger partial charge in [-0.05, 0) is 37.5 Å². The number of amides is 1. The average Bonchev–Trinajstić information content (AvgIpc) is 3.16. The monoisotopic (exact) mass is 297 g/mol. The Kier molecular flexibility index (Phi) is 2.96. The van der Waals surface area contributed by atoms with Gasteiger partial charge in [0.05, 0.1) is 11.6 Å². The summed E-state index contributed by atoms with van der Waals surface area (Å²) in [6, 6.07) is 4.82. The fourth-order valence-electron chi connectivity index (χ4n) is 2.20. The molecule has 4 nitrogen and oxygen atoms in total. The topological polar surface area (TPSA) is 53.5 Å². The number of carbonyl (C=O) groups excluding carboxylic acids is 1. The molecule has 1 unspecified atom stereocenters. The van der Waals surface area contributed by atoms with Crippen LogP contribution in [0.3, 0.4) is 0 Å². The highest BCUT2D eigenvalue weighted by Crippen LogP contribution is 2.32. The predicted molar refractivity (Wildman–Crippen MR) is 70.5 cm³/mol. The molecule has 7 heteroatoms. The SMILES string of the molecule is CC1(c2ccc(C(F)(F)F)cc2)NC(=NC2CC2)NC1=O. The standard InChI is InChI=1S/C14H14F3N3O/c1-13(8-2-4-9(5-3-8)14(15,16)17)11(21)19-12(20-13)18-10-6-7-10/h2-5,10H,6-7H2,1H3,(H2,18,19,20,21). The van der Waals surface area contributed by atoms with Crippen molar-refractivity contribution in [3.05, 3.63) is 35.4 Å². The van der Waals surface area contributed by atoms with Crippen molar-refractivity contribution in [3.8, 4) is 0 Å². The molecule has 0 aromatic heterocycles. The van der Waals surface area contributed by atoms with E-state index in [2.05, 4.69) is 15.6 Å². The Morgan fingerprint density at radius 2 is 1.86 bits per heavy atom. The van der Waals surface area contributed by atoms with Crippen LogP contribution < -0.4 is 10.6 Å². The van der Waals surface area contributed by atoms with Gasteiger partial charge in [0.15, 0.2) is 5.96 Å². The van der Waals surface area contributed by atoms with Crippen LogP contribution in [0.5, 0.6) is 0 Å². The molecule has 3 rings (SSSR count). The number of hydrogen-bond donors (Lipinski definition) is 2. The highest BCUT2D eigenvalue weighted by Gasteiger charge is 2.43. The third-order valence-corrected chi connectivity index (χ3v) is 3.70. The summed E-state index contributed by atoms with van der Waals surface area (Å²) in [5.74, 6) is 0.0755. The highest BCUT2D eigenvalue weighted by atomic mass is 19.4. The zero-order valence-corrected chi connectivity index (χ0v) is 11.3. The molecule has 1 aliphatic heterocycles. The molecule has 1 saturated carbocycles. The summed E-state index contributed by atoms with van der Waals surface area (Å²) in [4.78, 5) is 16.4. The Labute approximate surface area is 119 Å². The summed E-state index contributed by atoms with van der Waals surface area (Å²) < 4.78 is 37.7. The zero-order chi connectivity index (χ0) is 15.3. The van der Waals surface area contributed by atoms with Gasteiger partial charge in [-0.1, -0.05) is 12.1 Å². The van der Waals surface area contributed by atoms with E-state index >= 15 is 0 Å². The maximum atomic E-state index is 12.6. The van der Waals surface area contributed by atoms with Crippen LogP contribution in [0.15, 0.2) is 29.3 Å². The van der Waals surface area contributed by atoms with Crippen LogP contribution in [-0.2, 0) is 16.5 Å². The van der Waals surface area contributed by atoms with E-state index in [1.165, 1.54) is 12.1 Å². The first-order valence-corrected chi connectivity index (χ1v) is 6.64. The molecular formula is C14H14F3N3O. The molecule has 1 atom stereocenters. The van der Waals surface area contributed by atoms with Gasteiger partial charge < -0.3 is 5.32 Å². The van der Waals surface area contributed by atoms with E-state index in [1.54, 1.807) is 6.92 Å². The van der Waals surface area contributed by atoms with Gasteiger partial charge in [0.1, 0.15) is 5.54 Å². The molecule has 0 bridgehead atoms. The maximum absolute atomic E-state index is 12.6. The fraction of sp³-hybridized carbons (Fsp3) is 0.429. The Morgan fingerprint density at radius 3 is 2.38 bits per heavy atom. The summed E-state index contributed by atoms with van der Waals surface area (Å²) in [5, 5.41) is 5.61. The van der Waals surface area contributed by atoms with Crippen LogP contribution in [0, 0.1) is 0 Å². The van der Waals surface area contributed by atoms with Crippen LogP contribution >= 0.6 is 0 Å². The number of carbonyl (C=O) groups is 1. The summed E-state index contributed by atoms with van der Waals surface area (Å²) in [5.41, 5.74) is -1.37. The number of benzene rings is 1. The zero-order valence-electron chi connectivity index (χ0n) is 11.3. The summed E-state index contributed by atoms with van der Waals surface area (Å²) in [7, 11) is 0. The normalized spacial score (nSPS) is 27.6. The number of hydrogen-bond acceptors (Lipinski definition) is 2. The molecule has 2 N–H and O–H groups in total. The first kappa shape index (κ1) is 13.9. The number of alkyl halides is 3. The number of rotatable bonds is 2. The van der Waals surface area contributed by atoms with E-state index in [1.807, 2.05) is 0 Å². The number of halogens is 3. The molecule has 1 saturated heterocycles. The van der Waals surface area contributed by atoms with E-state index in [0.29, 0.717) is 11.5 Å². The Bertz CT molecular complexity index is 605. The molecule has 1 amide bonds. The van der Waals surface area contributed by atoms with Crippen molar-refractivity contribution in [1.82, 2.24) is 10.6 Å². The Balaban J connectivity index is 1.86. The molecule has 0 spiro atoms. The van der Waals surface area contributed by atoms with Crippen LogP contribution in [0.2, 0.25) is 0 Å². The van der Waals surface area contributed by atoms with Gasteiger partial charge in [-0.3, -0.25) is 10.1 Å². The van der Waals surface area contributed by atoms with E-state index in [4.69, 9.17) is 0 Å². The number of aliphatic imine (C=N–C) groups is 1. The van der Waals surface area contributed by atoms with Crippen LogP contribution in [0.1, 0.15) is 30.9 Å². The van der Waals surface area contributed by atoms with Gasteiger partial charge >= 0.3 is 6.18 Å². The van der Waals surface area contributed by atoms with Crippen LogP contribution in [-0.4, -0.2) is 17.9 Å². The van der Waals surface area contributed by atoms with Gasteiger partial charge in [-0.25, -0.2) is 4.99 Å². The third-order valence-electron chi connectivity index (χ3n) is 3.70. The molecule has 2 fully saturated rings. The predicted octanol–water partition coefficient (Wildman–Crippen LogP) is 2.16. The minimum atomic E-state index is -4.39. The lowest BCUT2D eigenvalue weighted by Crippen LogP contribution is -2.40. The molecule has 0 radical (unpaired) electrons. The van der Waals surface area contributed by atoms with Crippen molar-refractivity contribution in [3.63, 3.8) is 0 Å². The van der Waals surface area contributed by atoms with Gasteiger partial charge in [0, 0.05) is 0 Å². The van der Waals surface area contributed by atoms with Gasteiger partial charge in [-0.2, -0.15) is 13.2 Å². The molecule has 1 aromatic rings. The average molecular weight is 297 g/mol. The minimum Gasteiger partial charge on any atom is -0.338 e. The Morgan fingerprint density at radius 1 is 1.24 bits per heavy atom. The fourth-order valence-corrected chi connectivity index (χ4v) is 2.20. The molecule has 21 heavy (non-hydrogen) atoms. The second-order valence-electron chi connectivity index (χ2n) is 5.49. The first-order chi connectivity index (χ1) is 9.79. The minimum absolute atomic E-state index is 0.239. The second-order valence-corrected chi connectivity index (χ2v) is 5.49. The van der Waals surface area contributed by atoms with Crippen molar-refractivity contribution in [2.75, 3.05) is 0 Å². The van der Waals surface area contributed by atoms with Crippen LogP contribution in [0.25, 0.3) is 0 Å². The van der Waals surface area contributed by atoms with Crippen molar-refractivity contribution in [1.29, 1.82) is 0 Å². The van der Waals surface area contributed by atoms with Crippen molar-refractivity contribution < 1.29 is 18.0 Å². The quantitative estimate of drug-likeness (QED) is 0.879. The molecular weight excluding hydrogens is 283 g/mol. The lowest BCUT2D eigenvalue weighted by Gasteiger charge is -2.22. The summed E-state index contributed by atoms with van der Waals surface area (Å²) in [6.45, 7) is 1.63. The largest absolute Gasteiger partial charge is 0.416 e. The third kappa shape index (κ3) is 2.59. The van der Waals surface area contributed by atoms with Crippen molar-refractivity contribution >= 4 is 11.9 Å². The van der Waals surface area contributed by atoms with E-state index in [9.17, 15) is 18.0 Å². The first-order valence-electron chi connectivity index (χ1n) is 6.64. The number of nitrogens with zero attached hydrogens (tertiary/aromatic N) is 1. The van der Waals surface area contributed by atoms with Crippen molar-refractivity contribution in [2.45, 2.75) is 37.5 Å². The van der Waals surface area contributed by atoms with Gasteiger partial charge in [0.25, 0.3) is 5.91 Å². The number of guanidine groups is 1. The molecule has 1 heterocycles. The molecule has 1 aliphatic carbocycles. The number of nitrogens with one attached hydrogen (secondary N) is 2. The van der Waals surface area contributed by atoms with Gasteiger partial charge in [-0.15, -0.1) is 0 Å². The highest BCUT2D eigenvalue weighted by molar-refractivity contribution is 6.09. The lowest BCUT2D eigenvalue weighted by atomic mass is 9.91. The Hall–Kier alpha value is -2.05. The van der Waals surface area contributed by atoms with E-state index in [-0.39, 0.29) is 11.9 Å². The molecule has 112 valence electrons. The smallest absolute Gasteiger partial charge is 0.338 e. The van der Waals surface area contributed by atoms with Gasteiger partial charge in [0.2, 0.25) is 0 Å². The summed E-state index contributed by atoms with van der Waals surface area (Å²) >= 11 is 0. The van der Waals surface area contributed by atoms with Crippen molar-refractivity contribution in [2.24, 2.45) is 4.99 Å². The molecule has 2 aliphatic rings. The molecule has 1 aromatic carbocycles. The van der Waals surface area contributed by atoms with E-state index < -0.39 is 17.3 Å². The second kappa shape index (κ2) is 4.47. The summed E-state index contributed by atoms with van der Waals surface area (Å²) in [6.07, 6.45) is -2.39. The lowest BCUT2D eigenvalue weighted by molar-refractivity contribution is -0.137.